The van der Waals surface area contributed by atoms with Crippen molar-refractivity contribution in [1.29, 1.82) is 0 Å². The van der Waals surface area contributed by atoms with Crippen molar-refractivity contribution in [2.45, 2.75) is 46.1 Å². The molecule has 3 heteroatoms. The standard InChI is InChI=1S/C14H23N3/c1-10(2)7-9-17(12-4-5-12)14-13(15)11(3)6-8-16-14/h6,8,10,12H,4-5,7,9,15H2,1-3H3. The van der Waals surface area contributed by atoms with Crippen molar-refractivity contribution in [3.05, 3.63) is 17.8 Å². The van der Waals surface area contributed by atoms with E-state index in [1.54, 1.807) is 0 Å². The van der Waals surface area contributed by atoms with Gasteiger partial charge in [-0.25, -0.2) is 4.98 Å². The number of anilines is 2. The van der Waals surface area contributed by atoms with Crippen LogP contribution in [0.1, 0.15) is 38.7 Å². The highest BCUT2D eigenvalue weighted by atomic mass is 15.2. The van der Waals surface area contributed by atoms with Gasteiger partial charge in [0.05, 0.1) is 5.69 Å². The first kappa shape index (κ1) is 12.2. The summed E-state index contributed by atoms with van der Waals surface area (Å²) >= 11 is 0. The van der Waals surface area contributed by atoms with Crippen molar-refractivity contribution >= 4 is 11.5 Å². The molecule has 3 nitrogen and oxygen atoms in total. The van der Waals surface area contributed by atoms with Crippen LogP contribution in [0.15, 0.2) is 12.3 Å². The summed E-state index contributed by atoms with van der Waals surface area (Å²) in [6, 6.07) is 2.65. The first-order valence-electron chi connectivity index (χ1n) is 6.57. The van der Waals surface area contributed by atoms with Crippen molar-refractivity contribution in [2.75, 3.05) is 17.2 Å². The number of nitrogen functional groups attached to an aromatic ring is 1. The van der Waals surface area contributed by atoms with Crippen molar-refractivity contribution in [2.24, 2.45) is 5.92 Å². The van der Waals surface area contributed by atoms with Crippen molar-refractivity contribution in [1.82, 2.24) is 4.98 Å². The van der Waals surface area contributed by atoms with E-state index in [1.807, 2.05) is 19.2 Å². The van der Waals surface area contributed by atoms with Gasteiger partial charge in [0.2, 0.25) is 0 Å². The van der Waals surface area contributed by atoms with Gasteiger partial charge >= 0.3 is 0 Å². The molecule has 94 valence electrons. The Kier molecular flexibility index (Phi) is 3.55. The highest BCUT2D eigenvalue weighted by Gasteiger charge is 2.31. The van der Waals surface area contributed by atoms with Gasteiger partial charge in [0.1, 0.15) is 0 Å². The summed E-state index contributed by atoms with van der Waals surface area (Å²) in [6.07, 6.45) is 5.64. The van der Waals surface area contributed by atoms with E-state index in [-0.39, 0.29) is 0 Å². The van der Waals surface area contributed by atoms with E-state index < -0.39 is 0 Å². The average Bonchev–Trinajstić information content (AvgIpc) is 3.08. The SMILES string of the molecule is Cc1ccnc(N(CCC(C)C)C2CC2)c1N. The van der Waals surface area contributed by atoms with Gasteiger partial charge < -0.3 is 10.6 Å². The predicted molar refractivity (Wildman–Crippen MR) is 73.2 cm³/mol. The minimum Gasteiger partial charge on any atom is -0.396 e. The van der Waals surface area contributed by atoms with E-state index in [0.29, 0.717) is 6.04 Å². The van der Waals surface area contributed by atoms with Gasteiger partial charge in [0.15, 0.2) is 5.82 Å². The second-order valence-corrected chi connectivity index (χ2v) is 5.47. The molecule has 0 unspecified atom stereocenters. The summed E-state index contributed by atoms with van der Waals surface area (Å²) in [6.45, 7) is 7.65. The molecular formula is C14H23N3. The number of hydrogen-bond donors (Lipinski definition) is 1. The highest BCUT2D eigenvalue weighted by Crippen LogP contribution is 2.34. The topological polar surface area (TPSA) is 42.2 Å². The van der Waals surface area contributed by atoms with E-state index >= 15 is 0 Å². The molecule has 0 saturated heterocycles. The summed E-state index contributed by atoms with van der Waals surface area (Å²) in [4.78, 5) is 6.88. The largest absolute Gasteiger partial charge is 0.396 e. The van der Waals surface area contributed by atoms with Crippen LogP contribution in [0.2, 0.25) is 0 Å². The smallest absolute Gasteiger partial charge is 0.152 e. The molecule has 2 rings (SSSR count). The Morgan fingerprint density at radius 2 is 2.18 bits per heavy atom. The van der Waals surface area contributed by atoms with Crippen molar-refractivity contribution < 1.29 is 0 Å². The molecule has 1 fully saturated rings. The van der Waals surface area contributed by atoms with Gasteiger partial charge in [-0.15, -0.1) is 0 Å². The van der Waals surface area contributed by atoms with Crippen LogP contribution in [-0.2, 0) is 0 Å². The zero-order valence-electron chi connectivity index (χ0n) is 11.1. The molecule has 2 N–H and O–H groups in total. The Labute approximate surface area is 104 Å². The molecule has 0 bridgehead atoms. The van der Waals surface area contributed by atoms with Crippen LogP contribution in [-0.4, -0.2) is 17.6 Å². The fourth-order valence-corrected chi connectivity index (χ4v) is 2.03. The molecule has 0 aromatic carbocycles. The second-order valence-electron chi connectivity index (χ2n) is 5.47. The van der Waals surface area contributed by atoms with E-state index in [9.17, 15) is 0 Å². The lowest BCUT2D eigenvalue weighted by Gasteiger charge is -2.26. The molecule has 1 aliphatic carbocycles. The van der Waals surface area contributed by atoms with Crippen molar-refractivity contribution in [3.63, 3.8) is 0 Å². The molecule has 1 aromatic heterocycles. The van der Waals surface area contributed by atoms with Crippen LogP contribution in [0.25, 0.3) is 0 Å². The zero-order valence-corrected chi connectivity index (χ0v) is 11.1. The lowest BCUT2D eigenvalue weighted by Crippen LogP contribution is -2.29. The van der Waals surface area contributed by atoms with Gasteiger partial charge in [-0.1, -0.05) is 13.8 Å². The van der Waals surface area contributed by atoms with Crippen LogP contribution in [0, 0.1) is 12.8 Å². The number of pyridine rings is 1. The van der Waals surface area contributed by atoms with Gasteiger partial charge in [-0.2, -0.15) is 0 Å². The Bertz CT molecular complexity index is 383. The van der Waals surface area contributed by atoms with Crippen LogP contribution < -0.4 is 10.6 Å². The lowest BCUT2D eigenvalue weighted by molar-refractivity contribution is 0.569. The molecule has 0 amide bonds. The average molecular weight is 233 g/mol. The Balaban J connectivity index is 2.17. The first-order chi connectivity index (χ1) is 8.09. The molecule has 1 heterocycles. The molecule has 0 aliphatic heterocycles. The monoisotopic (exact) mass is 233 g/mol. The quantitative estimate of drug-likeness (QED) is 0.850. The molecule has 1 aromatic rings. The van der Waals surface area contributed by atoms with Crippen molar-refractivity contribution in [3.8, 4) is 0 Å². The third-order valence-electron chi connectivity index (χ3n) is 3.39. The number of aryl methyl sites for hydroxylation is 1. The van der Waals surface area contributed by atoms with Crippen LogP contribution >= 0.6 is 0 Å². The fourth-order valence-electron chi connectivity index (χ4n) is 2.03. The Morgan fingerprint density at radius 3 is 2.76 bits per heavy atom. The van der Waals surface area contributed by atoms with E-state index in [0.717, 1.165) is 29.5 Å². The summed E-state index contributed by atoms with van der Waals surface area (Å²) in [5, 5.41) is 0. The first-order valence-corrected chi connectivity index (χ1v) is 6.57. The molecular weight excluding hydrogens is 210 g/mol. The molecule has 1 saturated carbocycles. The maximum atomic E-state index is 6.15. The third kappa shape index (κ3) is 2.90. The number of nitrogens with zero attached hydrogens (tertiary/aromatic N) is 2. The normalized spacial score (nSPS) is 15.3. The lowest BCUT2D eigenvalue weighted by atomic mass is 10.1. The maximum absolute atomic E-state index is 6.15. The van der Waals surface area contributed by atoms with Gasteiger partial charge in [0.25, 0.3) is 0 Å². The number of aromatic nitrogens is 1. The minimum atomic E-state index is 0.672. The molecule has 0 spiro atoms. The number of rotatable bonds is 5. The van der Waals surface area contributed by atoms with E-state index in [4.69, 9.17) is 5.73 Å². The van der Waals surface area contributed by atoms with Crippen LogP contribution in [0.4, 0.5) is 11.5 Å². The van der Waals surface area contributed by atoms with Crippen LogP contribution in [0.3, 0.4) is 0 Å². The van der Waals surface area contributed by atoms with E-state index in [1.165, 1.54) is 19.3 Å². The predicted octanol–water partition coefficient (Wildman–Crippen LogP) is 2.99. The molecule has 0 radical (unpaired) electrons. The Morgan fingerprint density at radius 1 is 1.47 bits per heavy atom. The summed E-state index contributed by atoms with van der Waals surface area (Å²) in [5.74, 6) is 1.72. The highest BCUT2D eigenvalue weighted by molar-refractivity contribution is 5.67. The summed E-state index contributed by atoms with van der Waals surface area (Å²) in [5.41, 5.74) is 8.13. The third-order valence-corrected chi connectivity index (χ3v) is 3.39. The molecule has 1 aliphatic rings. The van der Waals surface area contributed by atoms with Gasteiger partial charge in [-0.05, 0) is 43.7 Å². The van der Waals surface area contributed by atoms with Gasteiger partial charge in [-0.3, -0.25) is 0 Å². The minimum absolute atomic E-state index is 0.672. The number of hydrogen-bond acceptors (Lipinski definition) is 3. The zero-order chi connectivity index (χ0) is 12.4. The number of nitrogens with two attached hydrogens (primary N) is 1. The molecule has 0 atom stereocenters. The van der Waals surface area contributed by atoms with Gasteiger partial charge in [0, 0.05) is 18.8 Å². The second kappa shape index (κ2) is 4.94. The fraction of sp³-hybridized carbons (Fsp3) is 0.643. The van der Waals surface area contributed by atoms with Crippen LogP contribution in [0.5, 0.6) is 0 Å². The molecule has 17 heavy (non-hydrogen) atoms. The summed E-state index contributed by atoms with van der Waals surface area (Å²) in [7, 11) is 0. The van der Waals surface area contributed by atoms with E-state index in [2.05, 4.69) is 23.7 Å². The maximum Gasteiger partial charge on any atom is 0.152 e. The Hall–Kier alpha value is -1.25. The summed E-state index contributed by atoms with van der Waals surface area (Å²) < 4.78 is 0.